The Morgan fingerprint density at radius 2 is 1.96 bits per heavy atom. The summed E-state index contributed by atoms with van der Waals surface area (Å²) in [5, 5.41) is 12.6. The van der Waals surface area contributed by atoms with E-state index in [9.17, 15) is 10.1 Å². The molecule has 0 bridgehead atoms. The Balaban J connectivity index is 1.53. The standard InChI is InChI=1S/C18H18ClN5O/c19-15-5-1-2-6-16(15)22-17(25)13-23-8-10-24(11-9-23)18-14(12-20)4-3-7-21-18/h1-7H,8-11,13H2,(H,22,25). The van der Waals surface area contributed by atoms with Gasteiger partial charge < -0.3 is 10.2 Å². The van der Waals surface area contributed by atoms with Crippen molar-refractivity contribution in [3.8, 4) is 6.07 Å². The Morgan fingerprint density at radius 3 is 2.68 bits per heavy atom. The van der Waals surface area contributed by atoms with E-state index >= 15 is 0 Å². The molecule has 7 heteroatoms. The second kappa shape index (κ2) is 7.97. The highest BCUT2D eigenvalue weighted by Gasteiger charge is 2.21. The molecule has 2 aromatic rings. The summed E-state index contributed by atoms with van der Waals surface area (Å²) in [6.45, 7) is 3.23. The smallest absolute Gasteiger partial charge is 0.238 e. The van der Waals surface area contributed by atoms with Crippen LogP contribution in [0.2, 0.25) is 5.02 Å². The van der Waals surface area contributed by atoms with E-state index < -0.39 is 0 Å². The summed E-state index contributed by atoms with van der Waals surface area (Å²) in [6.07, 6.45) is 1.69. The molecule has 1 amide bonds. The van der Waals surface area contributed by atoms with E-state index in [1.54, 1.807) is 30.5 Å². The number of nitrogens with zero attached hydrogens (tertiary/aromatic N) is 4. The number of aromatic nitrogens is 1. The van der Waals surface area contributed by atoms with Crippen LogP contribution in [0.3, 0.4) is 0 Å². The first kappa shape index (κ1) is 17.2. The van der Waals surface area contributed by atoms with Crippen LogP contribution in [0.25, 0.3) is 0 Å². The van der Waals surface area contributed by atoms with Crippen LogP contribution < -0.4 is 10.2 Å². The Bertz CT molecular complexity index is 796. The first-order valence-electron chi connectivity index (χ1n) is 8.04. The molecule has 0 aliphatic carbocycles. The van der Waals surface area contributed by atoms with Gasteiger partial charge in [0.1, 0.15) is 11.9 Å². The molecule has 0 atom stereocenters. The summed E-state index contributed by atoms with van der Waals surface area (Å²) in [5.41, 5.74) is 1.20. The van der Waals surface area contributed by atoms with Gasteiger partial charge in [0.25, 0.3) is 0 Å². The molecule has 6 nitrogen and oxygen atoms in total. The van der Waals surface area contributed by atoms with Crippen molar-refractivity contribution in [3.63, 3.8) is 0 Å². The van der Waals surface area contributed by atoms with Crippen molar-refractivity contribution < 1.29 is 4.79 Å². The number of halogens is 1. The second-order valence-corrected chi connectivity index (χ2v) is 6.18. The zero-order chi connectivity index (χ0) is 17.6. The molecule has 0 saturated carbocycles. The van der Waals surface area contributed by atoms with Gasteiger partial charge >= 0.3 is 0 Å². The van der Waals surface area contributed by atoms with Gasteiger partial charge in [0.15, 0.2) is 0 Å². The van der Waals surface area contributed by atoms with E-state index in [1.165, 1.54) is 0 Å². The van der Waals surface area contributed by atoms with Crippen LogP contribution >= 0.6 is 11.6 Å². The highest BCUT2D eigenvalue weighted by Crippen LogP contribution is 2.21. The lowest BCUT2D eigenvalue weighted by Gasteiger charge is -2.35. The minimum absolute atomic E-state index is 0.0860. The molecule has 25 heavy (non-hydrogen) atoms. The Hall–Kier alpha value is -2.62. The van der Waals surface area contributed by atoms with E-state index in [-0.39, 0.29) is 5.91 Å². The minimum atomic E-state index is -0.0860. The van der Waals surface area contributed by atoms with Gasteiger partial charge in [-0.2, -0.15) is 5.26 Å². The lowest BCUT2D eigenvalue weighted by molar-refractivity contribution is -0.117. The van der Waals surface area contributed by atoms with E-state index in [2.05, 4.69) is 26.2 Å². The highest BCUT2D eigenvalue weighted by atomic mass is 35.5. The van der Waals surface area contributed by atoms with Gasteiger partial charge in [0.2, 0.25) is 5.91 Å². The van der Waals surface area contributed by atoms with E-state index in [1.807, 2.05) is 12.1 Å². The Kier molecular flexibility index (Phi) is 5.49. The molecule has 1 aromatic carbocycles. The largest absolute Gasteiger partial charge is 0.353 e. The Morgan fingerprint density at radius 1 is 1.20 bits per heavy atom. The van der Waals surface area contributed by atoms with E-state index in [4.69, 9.17) is 11.6 Å². The van der Waals surface area contributed by atoms with Gasteiger partial charge in [0.05, 0.1) is 22.8 Å². The number of hydrogen-bond acceptors (Lipinski definition) is 5. The van der Waals surface area contributed by atoms with Crippen molar-refractivity contribution in [1.82, 2.24) is 9.88 Å². The topological polar surface area (TPSA) is 72.3 Å². The quantitative estimate of drug-likeness (QED) is 0.911. The van der Waals surface area contributed by atoms with Crippen LogP contribution in [0.4, 0.5) is 11.5 Å². The van der Waals surface area contributed by atoms with Crippen LogP contribution in [-0.4, -0.2) is 48.5 Å². The number of amides is 1. The number of piperazine rings is 1. The van der Waals surface area contributed by atoms with Crippen molar-refractivity contribution in [2.45, 2.75) is 0 Å². The van der Waals surface area contributed by atoms with Gasteiger partial charge in [-0.15, -0.1) is 0 Å². The van der Waals surface area contributed by atoms with Crippen LogP contribution in [0.5, 0.6) is 0 Å². The van der Waals surface area contributed by atoms with Crippen LogP contribution in [0, 0.1) is 11.3 Å². The van der Waals surface area contributed by atoms with E-state index in [0.717, 1.165) is 26.2 Å². The number of nitriles is 1. The maximum absolute atomic E-state index is 12.2. The SMILES string of the molecule is N#Cc1cccnc1N1CCN(CC(=O)Nc2ccccc2Cl)CC1. The van der Waals surface area contributed by atoms with Gasteiger partial charge in [0, 0.05) is 32.4 Å². The maximum atomic E-state index is 12.2. The third-order valence-electron chi connectivity index (χ3n) is 4.09. The zero-order valence-corrected chi connectivity index (χ0v) is 14.4. The molecule has 0 radical (unpaired) electrons. The third kappa shape index (κ3) is 4.27. The number of hydrogen-bond donors (Lipinski definition) is 1. The number of rotatable bonds is 4. The number of carbonyl (C=O) groups is 1. The molecule has 1 aromatic heterocycles. The molecule has 0 spiro atoms. The lowest BCUT2D eigenvalue weighted by Crippen LogP contribution is -2.49. The molecular formula is C18H18ClN5O. The van der Waals surface area contributed by atoms with Gasteiger partial charge in [-0.1, -0.05) is 23.7 Å². The van der Waals surface area contributed by atoms with Crippen LogP contribution in [-0.2, 0) is 4.79 Å². The summed E-state index contributed by atoms with van der Waals surface area (Å²) >= 11 is 6.06. The first-order chi connectivity index (χ1) is 12.2. The fraction of sp³-hybridized carbons (Fsp3) is 0.278. The Labute approximate surface area is 151 Å². The average Bonchev–Trinajstić information content (AvgIpc) is 2.64. The zero-order valence-electron chi connectivity index (χ0n) is 13.7. The molecule has 1 N–H and O–H groups in total. The fourth-order valence-corrected chi connectivity index (χ4v) is 2.99. The predicted molar refractivity (Wildman–Crippen MR) is 97.7 cm³/mol. The van der Waals surface area contributed by atoms with Crippen molar-refractivity contribution in [2.24, 2.45) is 0 Å². The molecule has 1 fully saturated rings. The molecule has 0 unspecified atom stereocenters. The first-order valence-corrected chi connectivity index (χ1v) is 8.42. The minimum Gasteiger partial charge on any atom is -0.353 e. The molecule has 2 heterocycles. The van der Waals surface area contributed by atoms with Gasteiger partial charge in [-0.3, -0.25) is 9.69 Å². The normalized spacial score (nSPS) is 14.8. The highest BCUT2D eigenvalue weighted by molar-refractivity contribution is 6.33. The van der Waals surface area contributed by atoms with Crippen molar-refractivity contribution in [1.29, 1.82) is 5.26 Å². The van der Waals surface area contributed by atoms with Crippen molar-refractivity contribution in [2.75, 3.05) is 42.9 Å². The number of carbonyl (C=O) groups excluding carboxylic acids is 1. The van der Waals surface area contributed by atoms with E-state index in [0.29, 0.717) is 28.6 Å². The summed E-state index contributed by atoms with van der Waals surface area (Å²) in [5.74, 6) is 0.627. The monoisotopic (exact) mass is 355 g/mol. The number of nitrogens with one attached hydrogen (secondary N) is 1. The van der Waals surface area contributed by atoms with Crippen molar-refractivity contribution >= 4 is 29.0 Å². The number of benzene rings is 1. The second-order valence-electron chi connectivity index (χ2n) is 5.78. The van der Waals surface area contributed by atoms with Gasteiger partial charge in [-0.05, 0) is 24.3 Å². The predicted octanol–water partition coefficient (Wildman–Crippen LogP) is 2.37. The molecule has 1 saturated heterocycles. The average molecular weight is 356 g/mol. The molecule has 128 valence electrons. The fourth-order valence-electron chi connectivity index (χ4n) is 2.81. The molecule has 1 aliphatic rings. The van der Waals surface area contributed by atoms with Gasteiger partial charge in [-0.25, -0.2) is 4.98 Å². The van der Waals surface area contributed by atoms with Crippen molar-refractivity contribution in [3.05, 3.63) is 53.2 Å². The molecule has 1 aliphatic heterocycles. The lowest BCUT2D eigenvalue weighted by atomic mass is 10.2. The third-order valence-corrected chi connectivity index (χ3v) is 4.42. The number of pyridine rings is 1. The molecule has 3 rings (SSSR count). The summed E-state index contributed by atoms with van der Waals surface area (Å²) in [7, 11) is 0. The summed E-state index contributed by atoms with van der Waals surface area (Å²) < 4.78 is 0. The van der Waals surface area contributed by atoms with Crippen LogP contribution in [0.15, 0.2) is 42.6 Å². The molecular weight excluding hydrogens is 338 g/mol. The number of para-hydroxylation sites is 1. The maximum Gasteiger partial charge on any atom is 0.238 e. The van der Waals surface area contributed by atoms with Crippen LogP contribution in [0.1, 0.15) is 5.56 Å². The summed E-state index contributed by atoms with van der Waals surface area (Å²) in [6, 6.07) is 12.9. The summed E-state index contributed by atoms with van der Waals surface area (Å²) in [4.78, 5) is 20.7. The number of anilines is 2.